The summed E-state index contributed by atoms with van der Waals surface area (Å²) < 4.78 is 6.70. The molecule has 4 aromatic rings. The number of hydrogen-bond acceptors (Lipinski definition) is 7. The topological polar surface area (TPSA) is 118 Å². The number of ether oxygens (including phenoxy) is 1. The SMILES string of the molecule is COc1nc(-c2cccc(-c3cccc(NC(=O)c4ccnn(C)c4=O)c3Cl)c2Cl)ccc1CNC1CCCC[C@H]1O. The zero-order valence-corrected chi connectivity index (χ0v) is 24.7. The summed E-state index contributed by atoms with van der Waals surface area (Å²) in [5.74, 6) is -0.127. The first-order valence-electron chi connectivity index (χ1n) is 13.6. The van der Waals surface area contributed by atoms with E-state index in [1.54, 1.807) is 25.3 Å². The highest BCUT2D eigenvalue weighted by molar-refractivity contribution is 6.39. The fourth-order valence-electron chi connectivity index (χ4n) is 5.16. The highest BCUT2D eigenvalue weighted by Crippen LogP contribution is 2.41. The summed E-state index contributed by atoms with van der Waals surface area (Å²) in [7, 11) is 3.05. The van der Waals surface area contributed by atoms with Crippen molar-refractivity contribution < 1.29 is 14.6 Å². The number of aliphatic hydroxyl groups is 1. The lowest BCUT2D eigenvalue weighted by Gasteiger charge is -2.28. The Hall–Kier alpha value is -3.76. The molecule has 1 aliphatic carbocycles. The van der Waals surface area contributed by atoms with Crippen LogP contribution in [-0.2, 0) is 13.6 Å². The van der Waals surface area contributed by atoms with Gasteiger partial charge in [0, 0.05) is 48.1 Å². The number of methoxy groups -OCH3 is 1. The maximum atomic E-state index is 12.9. The Balaban J connectivity index is 1.41. The predicted octanol–water partition coefficient (Wildman–Crippen LogP) is 5.47. The molecule has 3 N–H and O–H groups in total. The molecule has 0 radical (unpaired) electrons. The van der Waals surface area contributed by atoms with Crippen LogP contribution in [-0.4, -0.2) is 45.0 Å². The van der Waals surface area contributed by atoms with Gasteiger partial charge < -0.3 is 20.5 Å². The van der Waals surface area contributed by atoms with Gasteiger partial charge in [0.05, 0.1) is 34.6 Å². The number of amides is 1. The van der Waals surface area contributed by atoms with E-state index in [1.807, 2.05) is 30.3 Å². The number of aromatic nitrogens is 3. The second kappa shape index (κ2) is 13.0. The number of rotatable bonds is 8. The van der Waals surface area contributed by atoms with Gasteiger partial charge in [-0.25, -0.2) is 9.67 Å². The largest absolute Gasteiger partial charge is 0.481 e. The lowest BCUT2D eigenvalue weighted by Crippen LogP contribution is -2.41. The van der Waals surface area contributed by atoms with E-state index in [1.165, 1.54) is 19.3 Å². The Labute approximate surface area is 253 Å². The molecule has 11 heteroatoms. The molecule has 0 aliphatic heterocycles. The van der Waals surface area contributed by atoms with Crippen LogP contribution in [0.2, 0.25) is 10.0 Å². The summed E-state index contributed by atoms with van der Waals surface area (Å²) in [4.78, 5) is 29.9. The number of carbonyl (C=O) groups excluding carboxylic acids is 1. The van der Waals surface area contributed by atoms with Crippen LogP contribution in [0, 0.1) is 0 Å². The smallest absolute Gasteiger partial charge is 0.279 e. The Morgan fingerprint density at radius 2 is 1.74 bits per heavy atom. The first-order chi connectivity index (χ1) is 20.3. The van der Waals surface area contributed by atoms with Crippen molar-refractivity contribution >= 4 is 34.8 Å². The van der Waals surface area contributed by atoms with Crippen molar-refractivity contribution in [1.29, 1.82) is 0 Å². The number of aliphatic hydroxyl groups excluding tert-OH is 1. The molecule has 1 saturated carbocycles. The van der Waals surface area contributed by atoms with E-state index in [0.29, 0.717) is 45.5 Å². The highest BCUT2D eigenvalue weighted by atomic mass is 35.5. The molecular formula is C31H31Cl2N5O4. The molecule has 1 unspecified atom stereocenters. The minimum Gasteiger partial charge on any atom is -0.481 e. The molecule has 1 fully saturated rings. The number of pyridine rings is 1. The third-order valence-corrected chi connectivity index (χ3v) is 8.29. The lowest BCUT2D eigenvalue weighted by molar-refractivity contribution is 0.0901. The molecule has 1 aliphatic rings. The maximum Gasteiger partial charge on any atom is 0.279 e. The van der Waals surface area contributed by atoms with Crippen LogP contribution in [0.3, 0.4) is 0 Å². The van der Waals surface area contributed by atoms with E-state index in [9.17, 15) is 14.7 Å². The summed E-state index contributed by atoms with van der Waals surface area (Å²) in [6.45, 7) is 0.520. The molecule has 1 amide bonds. The zero-order chi connectivity index (χ0) is 29.8. The van der Waals surface area contributed by atoms with Crippen molar-refractivity contribution in [3.63, 3.8) is 0 Å². The number of carbonyl (C=O) groups is 1. The third kappa shape index (κ3) is 6.19. The van der Waals surface area contributed by atoms with Crippen molar-refractivity contribution in [3.05, 3.63) is 92.3 Å². The van der Waals surface area contributed by atoms with E-state index in [4.69, 9.17) is 32.9 Å². The molecule has 2 aromatic carbocycles. The average molecular weight is 609 g/mol. The molecule has 2 heterocycles. The van der Waals surface area contributed by atoms with Crippen molar-refractivity contribution in [3.8, 4) is 28.3 Å². The molecule has 218 valence electrons. The van der Waals surface area contributed by atoms with Crippen LogP contribution in [0.1, 0.15) is 41.6 Å². The van der Waals surface area contributed by atoms with Gasteiger partial charge in [-0.2, -0.15) is 5.10 Å². The summed E-state index contributed by atoms with van der Waals surface area (Å²) in [5.41, 5.74) is 3.18. The van der Waals surface area contributed by atoms with Gasteiger partial charge >= 0.3 is 0 Å². The molecule has 2 aromatic heterocycles. The second-order valence-electron chi connectivity index (χ2n) is 10.2. The normalized spacial score (nSPS) is 16.7. The maximum absolute atomic E-state index is 12.9. The Bertz CT molecular complexity index is 1680. The number of anilines is 1. The summed E-state index contributed by atoms with van der Waals surface area (Å²) in [6, 6.07) is 16.0. The van der Waals surface area contributed by atoms with Crippen molar-refractivity contribution in [2.24, 2.45) is 7.05 Å². The van der Waals surface area contributed by atoms with Gasteiger partial charge in [0.25, 0.3) is 11.5 Å². The van der Waals surface area contributed by atoms with E-state index in [0.717, 1.165) is 35.9 Å². The van der Waals surface area contributed by atoms with E-state index in [-0.39, 0.29) is 22.7 Å². The fraction of sp³-hybridized carbons (Fsp3) is 0.290. The predicted molar refractivity (Wildman–Crippen MR) is 164 cm³/mol. The monoisotopic (exact) mass is 607 g/mol. The van der Waals surface area contributed by atoms with Gasteiger partial charge in [0.15, 0.2) is 0 Å². The van der Waals surface area contributed by atoms with Crippen molar-refractivity contribution in [2.45, 2.75) is 44.4 Å². The van der Waals surface area contributed by atoms with Gasteiger partial charge in [-0.05, 0) is 31.0 Å². The van der Waals surface area contributed by atoms with Crippen LogP contribution in [0.15, 0.2) is 65.6 Å². The van der Waals surface area contributed by atoms with Crippen molar-refractivity contribution in [1.82, 2.24) is 20.1 Å². The molecule has 0 saturated heterocycles. The standard InChI is InChI=1S/C31H31Cl2N5O4/c1-38-31(41)22(15-16-35-38)29(40)36-25-11-6-8-20(28(25)33)19-7-5-9-21(27(19)32)23-14-13-18(30(37-23)42-2)17-34-24-10-3-4-12-26(24)39/h5-9,11,13-16,24,26,34,39H,3-4,10,12,17H2,1-2H3,(H,36,40)/t24?,26-/m1/s1. The summed E-state index contributed by atoms with van der Waals surface area (Å²) in [5, 5.41) is 21.0. The van der Waals surface area contributed by atoms with Crippen LogP contribution in [0.25, 0.3) is 22.4 Å². The molecule has 42 heavy (non-hydrogen) atoms. The number of halogens is 2. The molecule has 5 rings (SSSR count). The highest BCUT2D eigenvalue weighted by Gasteiger charge is 2.23. The average Bonchev–Trinajstić information content (AvgIpc) is 2.99. The first-order valence-corrected chi connectivity index (χ1v) is 14.4. The summed E-state index contributed by atoms with van der Waals surface area (Å²) >= 11 is 13.7. The number of aryl methyl sites for hydroxylation is 1. The van der Waals surface area contributed by atoms with Gasteiger partial charge in [0.2, 0.25) is 5.88 Å². The van der Waals surface area contributed by atoms with Crippen LogP contribution >= 0.6 is 23.2 Å². The summed E-state index contributed by atoms with van der Waals surface area (Å²) in [6.07, 6.45) is 4.93. The molecular weight excluding hydrogens is 577 g/mol. The van der Waals surface area contributed by atoms with Crippen LogP contribution in [0.4, 0.5) is 5.69 Å². The first kappa shape index (κ1) is 29.7. The van der Waals surface area contributed by atoms with Gasteiger partial charge in [-0.3, -0.25) is 9.59 Å². The molecule has 0 spiro atoms. The molecule has 0 bridgehead atoms. The van der Waals surface area contributed by atoms with Gasteiger partial charge in [0.1, 0.15) is 5.56 Å². The Morgan fingerprint density at radius 3 is 2.50 bits per heavy atom. The third-order valence-electron chi connectivity index (χ3n) is 7.48. The lowest BCUT2D eigenvalue weighted by atomic mass is 9.92. The van der Waals surface area contributed by atoms with E-state index in [2.05, 4.69) is 15.7 Å². The second-order valence-corrected chi connectivity index (χ2v) is 10.9. The van der Waals surface area contributed by atoms with E-state index < -0.39 is 11.5 Å². The quantitative estimate of drug-likeness (QED) is 0.243. The van der Waals surface area contributed by atoms with Crippen LogP contribution in [0.5, 0.6) is 5.88 Å². The fourth-order valence-corrected chi connectivity index (χ4v) is 5.76. The Morgan fingerprint density at radius 1 is 1.02 bits per heavy atom. The molecule has 2 atom stereocenters. The number of hydrogen-bond donors (Lipinski definition) is 3. The number of nitrogens with one attached hydrogen (secondary N) is 2. The minimum atomic E-state index is -0.597. The van der Waals surface area contributed by atoms with Gasteiger partial charge in [-0.15, -0.1) is 0 Å². The molecule has 9 nitrogen and oxygen atoms in total. The van der Waals surface area contributed by atoms with Gasteiger partial charge in [-0.1, -0.05) is 72.4 Å². The zero-order valence-electron chi connectivity index (χ0n) is 23.2. The number of nitrogens with zero attached hydrogens (tertiary/aromatic N) is 3. The Kier molecular flexibility index (Phi) is 9.23. The van der Waals surface area contributed by atoms with Crippen molar-refractivity contribution in [2.75, 3.05) is 12.4 Å². The van der Waals surface area contributed by atoms with E-state index >= 15 is 0 Å². The van der Waals surface area contributed by atoms with Crippen LogP contribution < -0.4 is 20.9 Å². The minimum absolute atomic E-state index is 0.0506. The number of benzene rings is 2.